The van der Waals surface area contributed by atoms with Crippen molar-refractivity contribution in [3.63, 3.8) is 0 Å². The second kappa shape index (κ2) is 11.8. The molecule has 3 rings (SSSR count). The van der Waals surface area contributed by atoms with E-state index in [9.17, 15) is 0 Å². The molecule has 0 spiro atoms. The average molecular weight is 428 g/mol. The van der Waals surface area contributed by atoms with E-state index >= 15 is 0 Å². The molecule has 1 fully saturated rings. The van der Waals surface area contributed by atoms with Gasteiger partial charge < -0.3 is 19.9 Å². The molecule has 1 saturated carbocycles. The Labute approximate surface area is 186 Å². The number of guanidine groups is 1. The summed E-state index contributed by atoms with van der Waals surface area (Å²) in [6, 6.07) is 8.33. The number of rotatable bonds is 11. The SMILES string of the molecule is CCNC(=NCC1(CCOC)CCCC1)NCCc1ccc(-c2nc(CC)no2)cc1. The zero-order valence-electron chi connectivity index (χ0n) is 19.2. The highest BCUT2D eigenvalue weighted by Gasteiger charge is 2.33. The number of nitrogens with zero attached hydrogens (tertiary/aromatic N) is 3. The van der Waals surface area contributed by atoms with Crippen molar-refractivity contribution in [2.75, 3.05) is 33.4 Å². The molecule has 0 radical (unpaired) electrons. The Bertz CT molecular complexity index is 810. The van der Waals surface area contributed by atoms with Crippen LogP contribution < -0.4 is 10.6 Å². The minimum Gasteiger partial charge on any atom is -0.385 e. The first-order valence-corrected chi connectivity index (χ1v) is 11.6. The maximum Gasteiger partial charge on any atom is 0.257 e. The van der Waals surface area contributed by atoms with Crippen molar-refractivity contribution in [1.82, 2.24) is 20.8 Å². The van der Waals surface area contributed by atoms with E-state index in [2.05, 4.69) is 39.8 Å². The van der Waals surface area contributed by atoms with Crippen molar-refractivity contribution in [1.29, 1.82) is 0 Å². The van der Waals surface area contributed by atoms with Gasteiger partial charge in [0.05, 0.1) is 0 Å². The molecule has 7 heteroatoms. The number of aryl methyl sites for hydroxylation is 1. The molecule has 1 aromatic carbocycles. The average Bonchev–Trinajstić information content (AvgIpc) is 3.47. The lowest BCUT2D eigenvalue weighted by molar-refractivity contribution is 0.141. The van der Waals surface area contributed by atoms with Crippen LogP contribution >= 0.6 is 0 Å². The van der Waals surface area contributed by atoms with Crippen LogP contribution in [0.3, 0.4) is 0 Å². The van der Waals surface area contributed by atoms with E-state index in [0.717, 1.165) is 62.9 Å². The third-order valence-corrected chi connectivity index (χ3v) is 6.11. The molecule has 2 N–H and O–H groups in total. The zero-order chi connectivity index (χ0) is 21.9. The summed E-state index contributed by atoms with van der Waals surface area (Å²) in [5, 5.41) is 10.8. The number of aliphatic imine (C=N–C) groups is 1. The number of hydrogen-bond donors (Lipinski definition) is 2. The Morgan fingerprint density at radius 2 is 1.94 bits per heavy atom. The Morgan fingerprint density at radius 3 is 2.58 bits per heavy atom. The monoisotopic (exact) mass is 427 g/mol. The van der Waals surface area contributed by atoms with E-state index < -0.39 is 0 Å². The van der Waals surface area contributed by atoms with E-state index in [4.69, 9.17) is 14.3 Å². The Hall–Kier alpha value is -2.41. The van der Waals surface area contributed by atoms with Gasteiger partial charge >= 0.3 is 0 Å². The van der Waals surface area contributed by atoms with E-state index in [1.54, 1.807) is 7.11 Å². The summed E-state index contributed by atoms with van der Waals surface area (Å²) >= 11 is 0. The van der Waals surface area contributed by atoms with Gasteiger partial charge in [-0.05, 0) is 55.7 Å². The summed E-state index contributed by atoms with van der Waals surface area (Å²) in [5.74, 6) is 2.22. The van der Waals surface area contributed by atoms with Crippen LogP contribution in [0.1, 0.15) is 57.3 Å². The van der Waals surface area contributed by atoms with E-state index in [0.29, 0.717) is 11.3 Å². The predicted molar refractivity (Wildman–Crippen MR) is 124 cm³/mol. The first-order valence-electron chi connectivity index (χ1n) is 11.6. The highest BCUT2D eigenvalue weighted by Crippen LogP contribution is 2.41. The van der Waals surface area contributed by atoms with Gasteiger partial charge in [-0.2, -0.15) is 4.98 Å². The molecule has 0 bridgehead atoms. The number of aromatic nitrogens is 2. The third kappa shape index (κ3) is 6.79. The summed E-state index contributed by atoms with van der Waals surface area (Å²) in [5.41, 5.74) is 2.52. The Morgan fingerprint density at radius 1 is 1.16 bits per heavy atom. The standard InChI is InChI=1S/C24H37N5O2/c1-4-21-28-22(31-29-21)20-10-8-19(9-11-20)12-16-26-23(25-5-2)27-18-24(15-17-30-3)13-6-7-14-24/h8-11H,4-7,12-18H2,1-3H3,(H2,25,26,27). The number of nitrogens with one attached hydrogen (secondary N) is 2. The second-order valence-corrected chi connectivity index (χ2v) is 8.39. The topological polar surface area (TPSA) is 84.6 Å². The Balaban J connectivity index is 1.52. The molecule has 2 aromatic rings. The van der Waals surface area contributed by atoms with Crippen molar-refractivity contribution in [3.05, 3.63) is 35.7 Å². The lowest BCUT2D eigenvalue weighted by atomic mass is 9.83. The summed E-state index contributed by atoms with van der Waals surface area (Å²) in [4.78, 5) is 9.32. The molecule has 1 aliphatic carbocycles. The molecule has 1 aromatic heterocycles. The molecular formula is C24H37N5O2. The smallest absolute Gasteiger partial charge is 0.257 e. The molecule has 0 saturated heterocycles. The van der Waals surface area contributed by atoms with E-state index in [-0.39, 0.29) is 0 Å². The molecule has 1 aliphatic rings. The van der Waals surface area contributed by atoms with Gasteiger partial charge in [-0.25, -0.2) is 0 Å². The van der Waals surface area contributed by atoms with Gasteiger partial charge in [-0.15, -0.1) is 0 Å². The molecule has 0 aliphatic heterocycles. The highest BCUT2D eigenvalue weighted by atomic mass is 16.5. The maximum absolute atomic E-state index is 5.35. The van der Waals surface area contributed by atoms with Gasteiger partial charge in [0.1, 0.15) is 0 Å². The van der Waals surface area contributed by atoms with Gasteiger partial charge in [-0.3, -0.25) is 4.99 Å². The lowest BCUT2D eigenvalue weighted by Gasteiger charge is -2.27. The second-order valence-electron chi connectivity index (χ2n) is 8.39. The minimum absolute atomic E-state index is 0.306. The molecule has 0 atom stereocenters. The van der Waals surface area contributed by atoms with Crippen LogP contribution in [-0.2, 0) is 17.6 Å². The van der Waals surface area contributed by atoms with Crippen LogP contribution in [0.15, 0.2) is 33.8 Å². The zero-order valence-corrected chi connectivity index (χ0v) is 19.2. The lowest BCUT2D eigenvalue weighted by Crippen LogP contribution is -2.39. The fourth-order valence-electron chi connectivity index (χ4n) is 4.17. The first-order chi connectivity index (χ1) is 15.2. The third-order valence-electron chi connectivity index (χ3n) is 6.11. The summed E-state index contributed by atoms with van der Waals surface area (Å²) in [6.45, 7) is 7.49. The maximum atomic E-state index is 5.35. The van der Waals surface area contributed by atoms with Crippen molar-refractivity contribution in [3.8, 4) is 11.5 Å². The van der Waals surface area contributed by atoms with Gasteiger partial charge in [-0.1, -0.05) is 37.1 Å². The van der Waals surface area contributed by atoms with Gasteiger partial charge in [0.15, 0.2) is 11.8 Å². The summed E-state index contributed by atoms with van der Waals surface area (Å²) < 4.78 is 10.7. The number of ether oxygens (including phenoxy) is 1. The molecule has 170 valence electrons. The van der Waals surface area contributed by atoms with E-state index in [1.165, 1.54) is 31.2 Å². The van der Waals surface area contributed by atoms with Crippen LogP contribution in [0.2, 0.25) is 0 Å². The molecule has 1 heterocycles. The van der Waals surface area contributed by atoms with Gasteiger partial charge in [0.25, 0.3) is 5.89 Å². The highest BCUT2D eigenvalue weighted by molar-refractivity contribution is 5.79. The number of methoxy groups -OCH3 is 1. The van der Waals surface area contributed by atoms with Gasteiger partial charge in [0, 0.05) is 45.3 Å². The van der Waals surface area contributed by atoms with Crippen molar-refractivity contribution in [2.24, 2.45) is 10.4 Å². The van der Waals surface area contributed by atoms with Crippen LogP contribution in [0.25, 0.3) is 11.5 Å². The normalized spacial score (nSPS) is 15.9. The van der Waals surface area contributed by atoms with Crippen molar-refractivity contribution < 1.29 is 9.26 Å². The van der Waals surface area contributed by atoms with Gasteiger partial charge in [0.2, 0.25) is 0 Å². The predicted octanol–water partition coefficient (Wildman–Crippen LogP) is 3.99. The number of hydrogen-bond acceptors (Lipinski definition) is 5. The fraction of sp³-hybridized carbons (Fsp3) is 0.625. The van der Waals surface area contributed by atoms with Crippen LogP contribution in [0, 0.1) is 5.41 Å². The first kappa shape index (κ1) is 23.3. The molecular weight excluding hydrogens is 390 g/mol. The summed E-state index contributed by atoms with van der Waals surface area (Å²) in [7, 11) is 1.79. The van der Waals surface area contributed by atoms with Crippen LogP contribution in [0.5, 0.6) is 0 Å². The minimum atomic E-state index is 0.306. The van der Waals surface area contributed by atoms with E-state index in [1.807, 2.05) is 19.1 Å². The fourth-order valence-corrected chi connectivity index (χ4v) is 4.17. The number of benzene rings is 1. The largest absolute Gasteiger partial charge is 0.385 e. The van der Waals surface area contributed by atoms with Crippen LogP contribution in [-0.4, -0.2) is 49.5 Å². The molecule has 0 unspecified atom stereocenters. The molecule has 0 amide bonds. The van der Waals surface area contributed by atoms with Crippen LogP contribution in [0.4, 0.5) is 0 Å². The molecule has 7 nitrogen and oxygen atoms in total. The van der Waals surface area contributed by atoms with Crippen molar-refractivity contribution in [2.45, 2.75) is 58.8 Å². The Kier molecular flexibility index (Phi) is 8.88. The quantitative estimate of drug-likeness (QED) is 0.417. The summed E-state index contributed by atoms with van der Waals surface area (Å²) in [6.07, 6.45) is 7.92. The van der Waals surface area contributed by atoms with Crippen molar-refractivity contribution >= 4 is 5.96 Å². The molecule has 31 heavy (non-hydrogen) atoms.